The van der Waals surface area contributed by atoms with Crippen LogP contribution in [0.2, 0.25) is 0 Å². The van der Waals surface area contributed by atoms with E-state index in [1.807, 2.05) is 0 Å². The molecule has 0 saturated carbocycles. The van der Waals surface area contributed by atoms with E-state index in [-0.39, 0.29) is 5.92 Å². The summed E-state index contributed by atoms with van der Waals surface area (Å²) in [6, 6.07) is 0. The minimum Gasteiger partial charge on any atom is -0.481 e. The minimum absolute atomic E-state index is 0.288. The lowest BCUT2D eigenvalue weighted by molar-refractivity contribution is -0.137. The van der Waals surface area contributed by atoms with E-state index in [1.165, 1.54) is 32.1 Å². The zero-order valence-electron chi connectivity index (χ0n) is 13.3. The predicted octanol–water partition coefficient (Wildman–Crippen LogP) is 4.98. The van der Waals surface area contributed by atoms with Gasteiger partial charge in [0.2, 0.25) is 0 Å². The van der Waals surface area contributed by atoms with Crippen molar-refractivity contribution in [3.05, 3.63) is 0 Å². The minimum atomic E-state index is -0.683. The third-order valence-electron chi connectivity index (χ3n) is 3.91. The van der Waals surface area contributed by atoms with Crippen LogP contribution in [0.15, 0.2) is 0 Å². The molecule has 0 aliphatic carbocycles. The third kappa shape index (κ3) is 12.2. The highest BCUT2D eigenvalue weighted by Gasteiger charge is 2.11. The van der Waals surface area contributed by atoms with Crippen molar-refractivity contribution in [2.24, 2.45) is 5.92 Å². The molecule has 0 heterocycles. The summed E-state index contributed by atoms with van der Waals surface area (Å²) in [4.78, 5) is 21.7. The van der Waals surface area contributed by atoms with Gasteiger partial charge in [-0.25, -0.2) is 0 Å². The number of hydrogen-bond donors (Lipinski definition) is 1. The molecule has 20 heavy (non-hydrogen) atoms. The van der Waals surface area contributed by atoms with E-state index in [0.717, 1.165) is 38.5 Å². The number of carbonyl (C=O) groups excluding carboxylic acids is 1. The maximum atomic E-state index is 11.4. The monoisotopic (exact) mass is 284 g/mol. The second-order valence-corrected chi connectivity index (χ2v) is 5.86. The van der Waals surface area contributed by atoms with Gasteiger partial charge in [0.25, 0.3) is 0 Å². The maximum absolute atomic E-state index is 11.4. The fourth-order valence-corrected chi connectivity index (χ4v) is 2.63. The Balaban J connectivity index is 3.31. The average molecular weight is 284 g/mol. The van der Waals surface area contributed by atoms with Gasteiger partial charge in [0.05, 0.1) is 0 Å². The summed E-state index contributed by atoms with van der Waals surface area (Å²) < 4.78 is 0. The number of ketones is 1. The molecule has 1 unspecified atom stereocenters. The predicted molar refractivity (Wildman–Crippen MR) is 82.9 cm³/mol. The van der Waals surface area contributed by atoms with Crippen LogP contribution in [-0.4, -0.2) is 16.9 Å². The van der Waals surface area contributed by atoms with E-state index < -0.39 is 5.97 Å². The molecule has 0 aliphatic heterocycles. The van der Waals surface area contributed by atoms with Gasteiger partial charge in [-0.3, -0.25) is 9.59 Å². The SMILES string of the molecule is CCCC(CCCCCCCCCCC(=O)O)C(C)=O. The molecule has 0 spiro atoms. The van der Waals surface area contributed by atoms with Crippen molar-refractivity contribution in [3.63, 3.8) is 0 Å². The molecule has 1 N–H and O–H groups in total. The van der Waals surface area contributed by atoms with E-state index in [2.05, 4.69) is 6.92 Å². The van der Waals surface area contributed by atoms with Crippen LogP contribution in [-0.2, 0) is 9.59 Å². The lowest BCUT2D eigenvalue weighted by Gasteiger charge is -2.12. The number of hydrogen-bond acceptors (Lipinski definition) is 2. The molecule has 0 fully saturated rings. The molecular weight excluding hydrogens is 252 g/mol. The molecule has 3 heteroatoms. The van der Waals surface area contributed by atoms with Gasteiger partial charge < -0.3 is 5.11 Å². The fraction of sp³-hybridized carbons (Fsp3) is 0.882. The van der Waals surface area contributed by atoms with Crippen LogP contribution in [0.5, 0.6) is 0 Å². The van der Waals surface area contributed by atoms with Gasteiger partial charge in [0, 0.05) is 12.3 Å². The quantitative estimate of drug-likeness (QED) is 0.458. The molecule has 0 amide bonds. The molecule has 0 aromatic rings. The van der Waals surface area contributed by atoms with Crippen LogP contribution in [0.1, 0.15) is 90.9 Å². The van der Waals surface area contributed by atoms with Gasteiger partial charge >= 0.3 is 5.97 Å². The summed E-state index contributed by atoms with van der Waals surface area (Å²) in [6.07, 6.45) is 12.6. The molecule has 0 aromatic carbocycles. The normalized spacial score (nSPS) is 12.3. The molecule has 3 nitrogen and oxygen atoms in total. The Morgan fingerprint density at radius 3 is 1.80 bits per heavy atom. The summed E-state index contributed by atoms with van der Waals surface area (Å²) in [6.45, 7) is 3.86. The first-order valence-corrected chi connectivity index (χ1v) is 8.30. The number of carboxylic acids is 1. The zero-order valence-corrected chi connectivity index (χ0v) is 13.3. The summed E-state index contributed by atoms with van der Waals surface area (Å²) in [5, 5.41) is 8.51. The molecule has 0 aromatic heterocycles. The first kappa shape index (κ1) is 19.1. The van der Waals surface area contributed by atoms with Crippen molar-refractivity contribution in [1.82, 2.24) is 0 Å². The molecule has 0 radical (unpaired) electrons. The Morgan fingerprint density at radius 2 is 1.35 bits per heavy atom. The van der Waals surface area contributed by atoms with Crippen LogP contribution < -0.4 is 0 Å². The van der Waals surface area contributed by atoms with E-state index in [1.54, 1.807) is 6.92 Å². The summed E-state index contributed by atoms with van der Waals surface area (Å²) in [7, 11) is 0. The number of Topliss-reactive ketones (excluding diaryl/α,β-unsaturated/α-hetero) is 1. The summed E-state index contributed by atoms with van der Waals surface area (Å²) >= 11 is 0. The van der Waals surface area contributed by atoms with Crippen molar-refractivity contribution < 1.29 is 14.7 Å². The molecule has 118 valence electrons. The maximum Gasteiger partial charge on any atom is 0.303 e. The fourth-order valence-electron chi connectivity index (χ4n) is 2.63. The smallest absolute Gasteiger partial charge is 0.303 e. The Bertz CT molecular complexity index is 261. The lowest BCUT2D eigenvalue weighted by atomic mass is 9.93. The van der Waals surface area contributed by atoms with Crippen molar-refractivity contribution >= 4 is 11.8 Å². The van der Waals surface area contributed by atoms with Crippen LogP contribution in [0, 0.1) is 5.92 Å². The Labute approximate surface area is 124 Å². The van der Waals surface area contributed by atoms with Gasteiger partial charge in [-0.2, -0.15) is 0 Å². The molecule has 1 atom stereocenters. The number of unbranched alkanes of at least 4 members (excludes halogenated alkanes) is 7. The topological polar surface area (TPSA) is 54.4 Å². The molecule has 0 aliphatic rings. The number of carbonyl (C=O) groups is 2. The van der Waals surface area contributed by atoms with E-state index >= 15 is 0 Å². The Kier molecular flexibility index (Phi) is 12.6. The van der Waals surface area contributed by atoms with Crippen LogP contribution in [0.3, 0.4) is 0 Å². The molecule has 0 saturated heterocycles. The van der Waals surface area contributed by atoms with Gasteiger partial charge in [-0.1, -0.05) is 58.3 Å². The average Bonchev–Trinajstić information content (AvgIpc) is 2.39. The van der Waals surface area contributed by atoms with Crippen LogP contribution in [0.4, 0.5) is 0 Å². The van der Waals surface area contributed by atoms with Crippen LogP contribution >= 0.6 is 0 Å². The van der Waals surface area contributed by atoms with Gasteiger partial charge in [-0.15, -0.1) is 0 Å². The molecular formula is C17H32O3. The van der Waals surface area contributed by atoms with Crippen molar-refractivity contribution in [2.75, 3.05) is 0 Å². The van der Waals surface area contributed by atoms with Gasteiger partial charge in [-0.05, 0) is 26.2 Å². The van der Waals surface area contributed by atoms with Crippen molar-refractivity contribution in [1.29, 1.82) is 0 Å². The van der Waals surface area contributed by atoms with Crippen molar-refractivity contribution in [2.45, 2.75) is 90.9 Å². The molecule has 0 bridgehead atoms. The van der Waals surface area contributed by atoms with E-state index in [9.17, 15) is 9.59 Å². The highest BCUT2D eigenvalue weighted by molar-refractivity contribution is 5.78. The second-order valence-electron chi connectivity index (χ2n) is 5.86. The number of carboxylic acid groups (broad SMARTS) is 1. The Hall–Kier alpha value is -0.860. The van der Waals surface area contributed by atoms with E-state index in [4.69, 9.17) is 5.11 Å². The highest BCUT2D eigenvalue weighted by Crippen LogP contribution is 2.18. The standard InChI is InChI=1S/C17H32O3/c1-3-12-16(15(2)18)13-10-8-6-4-5-7-9-11-14-17(19)20/h16H,3-14H2,1-2H3,(H,19,20). The lowest BCUT2D eigenvalue weighted by Crippen LogP contribution is -2.10. The third-order valence-corrected chi connectivity index (χ3v) is 3.91. The molecule has 0 rings (SSSR count). The largest absolute Gasteiger partial charge is 0.481 e. The van der Waals surface area contributed by atoms with E-state index in [0.29, 0.717) is 12.2 Å². The number of aliphatic carboxylic acids is 1. The summed E-state index contributed by atoms with van der Waals surface area (Å²) in [5.74, 6) is -0.0431. The Morgan fingerprint density at radius 1 is 0.850 bits per heavy atom. The second kappa shape index (κ2) is 13.1. The zero-order chi connectivity index (χ0) is 15.2. The first-order valence-electron chi connectivity index (χ1n) is 8.30. The number of rotatable bonds is 14. The first-order chi connectivity index (χ1) is 9.57. The van der Waals surface area contributed by atoms with Crippen molar-refractivity contribution in [3.8, 4) is 0 Å². The summed E-state index contributed by atoms with van der Waals surface area (Å²) in [5.41, 5.74) is 0. The van der Waals surface area contributed by atoms with Gasteiger partial charge in [0.15, 0.2) is 0 Å². The highest BCUT2D eigenvalue weighted by atomic mass is 16.4. The van der Waals surface area contributed by atoms with Crippen LogP contribution in [0.25, 0.3) is 0 Å². The van der Waals surface area contributed by atoms with Gasteiger partial charge in [0.1, 0.15) is 5.78 Å².